The average Bonchev–Trinajstić information content (AvgIpc) is 2.42. The van der Waals surface area contributed by atoms with Crippen molar-refractivity contribution in [2.24, 2.45) is 0 Å². The van der Waals surface area contributed by atoms with Crippen molar-refractivity contribution in [1.82, 2.24) is 4.90 Å². The number of carbonyl (C=O) groups is 1. The third kappa shape index (κ3) is 2.89. The second kappa shape index (κ2) is 5.61. The first-order valence-corrected chi connectivity index (χ1v) is 6.71. The van der Waals surface area contributed by atoms with E-state index in [4.69, 9.17) is 10.5 Å². The Kier molecular flexibility index (Phi) is 4.10. The fourth-order valence-electron chi connectivity index (χ4n) is 2.58. The molecule has 1 aromatic rings. The first-order valence-electron chi connectivity index (χ1n) is 6.71. The molecule has 1 heterocycles. The molecule has 2 rings (SSSR count). The lowest BCUT2D eigenvalue weighted by Gasteiger charge is -2.32. The van der Waals surface area contributed by atoms with Crippen LogP contribution < -0.4 is 5.73 Å². The maximum Gasteiger partial charge on any atom is 0.254 e. The van der Waals surface area contributed by atoms with Crippen molar-refractivity contribution >= 4 is 11.6 Å². The molecule has 2 N–H and O–H groups in total. The topological polar surface area (TPSA) is 55.6 Å². The predicted octanol–water partition coefficient (Wildman–Crippen LogP) is 2.14. The number of nitrogens with zero attached hydrogens (tertiary/aromatic N) is 1. The zero-order chi connectivity index (χ0) is 14.0. The highest BCUT2D eigenvalue weighted by atomic mass is 16.5. The second-order valence-corrected chi connectivity index (χ2v) is 5.27. The number of nitrogens with two attached hydrogens (primary N) is 1. The van der Waals surface area contributed by atoms with Crippen LogP contribution in [0.15, 0.2) is 12.1 Å². The molecule has 0 radical (unpaired) electrons. The summed E-state index contributed by atoms with van der Waals surface area (Å²) < 4.78 is 5.36. The van der Waals surface area contributed by atoms with Crippen molar-refractivity contribution < 1.29 is 9.53 Å². The van der Waals surface area contributed by atoms with Gasteiger partial charge in [-0.3, -0.25) is 4.79 Å². The highest BCUT2D eigenvalue weighted by molar-refractivity contribution is 5.96. The number of piperidine rings is 1. The molecule has 0 spiro atoms. The molecule has 1 amide bonds. The number of hydrogen-bond acceptors (Lipinski definition) is 3. The van der Waals surface area contributed by atoms with E-state index in [0.717, 1.165) is 30.5 Å². The van der Waals surface area contributed by atoms with Crippen LogP contribution in [0, 0.1) is 13.8 Å². The van der Waals surface area contributed by atoms with Crippen LogP contribution in [0.5, 0.6) is 0 Å². The minimum atomic E-state index is 0.0611. The fraction of sp³-hybridized carbons (Fsp3) is 0.533. The van der Waals surface area contributed by atoms with E-state index in [-0.39, 0.29) is 12.0 Å². The van der Waals surface area contributed by atoms with Gasteiger partial charge in [-0.05, 0) is 43.9 Å². The number of benzene rings is 1. The largest absolute Gasteiger partial charge is 0.398 e. The standard InChI is InChI=1S/C15H22N2O2/c1-10-7-11(2)14(16)8-13(10)15(18)17-6-4-5-12(9-17)19-3/h7-8,12H,4-6,9,16H2,1-3H3. The van der Waals surface area contributed by atoms with Crippen molar-refractivity contribution in [2.45, 2.75) is 32.8 Å². The van der Waals surface area contributed by atoms with Crippen LogP contribution in [-0.2, 0) is 4.74 Å². The number of nitrogen functional groups attached to an aromatic ring is 1. The summed E-state index contributed by atoms with van der Waals surface area (Å²) in [6, 6.07) is 3.77. The van der Waals surface area contributed by atoms with E-state index in [0.29, 0.717) is 17.8 Å². The zero-order valence-corrected chi connectivity index (χ0v) is 11.9. The van der Waals surface area contributed by atoms with Gasteiger partial charge in [0.15, 0.2) is 0 Å². The highest BCUT2D eigenvalue weighted by Crippen LogP contribution is 2.21. The van der Waals surface area contributed by atoms with Crippen LogP contribution in [0.1, 0.15) is 34.3 Å². The molecule has 1 aliphatic heterocycles. The molecule has 104 valence electrons. The smallest absolute Gasteiger partial charge is 0.254 e. The van der Waals surface area contributed by atoms with Crippen molar-refractivity contribution in [3.8, 4) is 0 Å². The maximum absolute atomic E-state index is 12.6. The van der Waals surface area contributed by atoms with Crippen LogP contribution in [-0.4, -0.2) is 37.1 Å². The molecule has 0 aromatic heterocycles. The van der Waals surface area contributed by atoms with E-state index >= 15 is 0 Å². The lowest BCUT2D eigenvalue weighted by molar-refractivity contribution is 0.0268. The summed E-state index contributed by atoms with van der Waals surface area (Å²) in [6.07, 6.45) is 2.17. The van der Waals surface area contributed by atoms with E-state index in [1.165, 1.54) is 0 Å². The number of anilines is 1. The number of carbonyl (C=O) groups excluding carboxylic acids is 1. The van der Waals surface area contributed by atoms with Gasteiger partial charge < -0.3 is 15.4 Å². The van der Waals surface area contributed by atoms with Gasteiger partial charge in [-0.25, -0.2) is 0 Å². The normalized spacial score (nSPS) is 19.5. The summed E-state index contributed by atoms with van der Waals surface area (Å²) in [4.78, 5) is 14.4. The molecule has 1 saturated heterocycles. The molecule has 19 heavy (non-hydrogen) atoms. The molecule has 1 aromatic carbocycles. The Balaban J connectivity index is 2.22. The van der Waals surface area contributed by atoms with Gasteiger partial charge in [0.1, 0.15) is 0 Å². The summed E-state index contributed by atoms with van der Waals surface area (Å²) >= 11 is 0. The molecule has 1 aliphatic rings. The summed E-state index contributed by atoms with van der Waals surface area (Å²) in [5.41, 5.74) is 9.30. The molecule has 4 heteroatoms. The predicted molar refractivity (Wildman–Crippen MR) is 76.3 cm³/mol. The van der Waals surface area contributed by atoms with E-state index in [2.05, 4.69) is 0 Å². The third-order valence-electron chi connectivity index (χ3n) is 3.84. The van der Waals surface area contributed by atoms with Crippen molar-refractivity contribution in [3.05, 3.63) is 28.8 Å². The molecular weight excluding hydrogens is 240 g/mol. The summed E-state index contributed by atoms with van der Waals surface area (Å²) in [7, 11) is 1.70. The van der Waals surface area contributed by atoms with Gasteiger partial charge >= 0.3 is 0 Å². The van der Waals surface area contributed by atoms with Crippen LogP contribution in [0.2, 0.25) is 0 Å². The van der Waals surface area contributed by atoms with Crippen molar-refractivity contribution in [1.29, 1.82) is 0 Å². The van der Waals surface area contributed by atoms with Gasteiger partial charge in [-0.2, -0.15) is 0 Å². The summed E-state index contributed by atoms with van der Waals surface area (Å²) in [5.74, 6) is 0.0611. The second-order valence-electron chi connectivity index (χ2n) is 5.27. The zero-order valence-electron chi connectivity index (χ0n) is 11.9. The molecule has 4 nitrogen and oxygen atoms in total. The number of hydrogen-bond donors (Lipinski definition) is 1. The SMILES string of the molecule is COC1CCCN(C(=O)c2cc(N)c(C)cc2C)C1. The first-order chi connectivity index (χ1) is 9.02. The molecular formula is C15H22N2O2. The van der Waals surface area contributed by atoms with Crippen molar-refractivity contribution in [2.75, 3.05) is 25.9 Å². The maximum atomic E-state index is 12.6. The molecule has 1 unspecified atom stereocenters. The third-order valence-corrected chi connectivity index (χ3v) is 3.84. The van der Waals surface area contributed by atoms with E-state index in [1.807, 2.05) is 24.8 Å². The van der Waals surface area contributed by atoms with Gasteiger partial charge in [-0.1, -0.05) is 6.07 Å². The molecule has 0 bridgehead atoms. The van der Waals surface area contributed by atoms with Gasteiger partial charge in [0.25, 0.3) is 5.91 Å². The fourth-order valence-corrected chi connectivity index (χ4v) is 2.58. The molecule has 1 atom stereocenters. The lowest BCUT2D eigenvalue weighted by atomic mass is 10.0. The Morgan fingerprint density at radius 1 is 1.37 bits per heavy atom. The summed E-state index contributed by atoms with van der Waals surface area (Å²) in [5, 5.41) is 0. The van der Waals surface area contributed by atoms with E-state index in [1.54, 1.807) is 13.2 Å². The van der Waals surface area contributed by atoms with Crippen LogP contribution in [0.3, 0.4) is 0 Å². The lowest BCUT2D eigenvalue weighted by Crippen LogP contribution is -2.43. The van der Waals surface area contributed by atoms with Crippen LogP contribution in [0.4, 0.5) is 5.69 Å². The molecule has 1 fully saturated rings. The first kappa shape index (κ1) is 13.9. The highest BCUT2D eigenvalue weighted by Gasteiger charge is 2.25. The van der Waals surface area contributed by atoms with E-state index < -0.39 is 0 Å². The Morgan fingerprint density at radius 3 is 2.79 bits per heavy atom. The number of amides is 1. The van der Waals surface area contributed by atoms with Crippen LogP contribution >= 0.6 is 0 Å². The van der Waals surface area contributed by atoms with Gasteiger partial charge in [0.2, 0.25) is 0 Å². The Hall–Kier alpha value is -1.55. The number of rotatable bonds is 2. The number of likely N-dealkylation sites (tertiary alicyclic amines) is 1. The summed E-state index contributed by atoms with van der Waals surface area (Å²) in [6.45, 7) is 5.38. The monoisotopic (exact) mass is 262 g/mol. The quantitative estimate of drug-likeness (QED) is 0.831. The van der Waals surface area contributed by atoms with Crippen LogP contribution in [0.25, 0.3) is 0 Å². The molecule has 0 aliphatic carbocycles. The van der Waals surface area contributed by atoms with Gasteiger partial charge in [0, 0.05) is 31.5 Å². The number of methoxy groups -OCH3 is 1. The van der Waals surface area contributed by atoms with Crippen molar-refractivity contribution in [3.63, 3.8) is 0 Å². The van der Waals surface area contributed by atoms with Gasteiger partial charge in [0.05, 0.1) is 6.10 Å². The van der Waals surface area contributed by atoms with E-state index in [9.17, 15) is 4.79 Å². The number of aryl methyl sites for hydroxylation is 2. The molecule has 0 saturated carbocycles. The minimum Gasteiger partial charge on any atom is -0.398 e. The Bertz CT molecular complexity index is 485. The average molecular weight is 262 g/mol. The number of ether oxygens (including phenoxy) is 1. The van der Waals surface area contributed by atoms with Gasteiger partial charge in [-0.15, -0.1) is 0 Å². The Morgan fingerprint density at radius 2 is 2.11 bits per heavy atom. The minimum absolute atomic E-state index is 0.0611. The Labute approximate surface area is 114 Å².